The monoisotopic (exact) mass is 303 g/mol. The molecule has 0 aliphatic heterocycles. The molecule has 8 heteroatoms. The largest absolute Gasteiger partial charge is 0.480 e. The molecule has 0 bridgehead atoms. The van der Waals surface area contributed by atoms with Crippen LogP contribution in [0.25, 0.3) is 0 Å². The van der Waals surface area contributed by atoms with E-state index in [1.165, 1.54) is 6.20 Å². The number of carboxylic acid groups (broad SMARTS) is 1. The summed E-state index contributed by atoms with van der Waals surface area (Å²) >= 11 is 0. The minimum Gasteiger partial charge on any atom is -0.480 e. The van der Waals surface area contributed by atoms with E-state index in [1.807, 2.05) is 6.92 Å². The zero-order valence-electron chi connectivity index (χ0n) is 12.2. The van der Waals surface area contributed by atoms with Gasteiger partial charge in [0.1, 0.15) is 11.4 Å². The Morgan fingerprint density at radius 3 is 2.30 bits per heavy atom. The number of aryl methyl sites for hydroxylation is 2. The second-order valence-corrected chi connectivity index (χ2v) is 6.24. The first-order valence-corrected chi connectivity index (χ1v) is 8.01. The third-order valence-electron chi connectivity index (χ3n) is 3.52. The first-order valence-electron chi connectivity index (χ1n) is 6.53. The number of aliphatic carboxylic acids is 1. The van der Waals surface area contributed by atoms with Crippen LogP contribution in [0, 0.1) is 6.92 Å². The van der Waals surface area contributed by atoms with Crippen LogP contribution >= 0.6 is 0 Å². The highest BCUT2D eigenvalue weighted by atomic mass is 32.2. The number of rotatable bonds is 7. The molecule has 0 fully saturated rings. The average molecular weight is 303 g/mol. The number of sulfonamides is 1. The van der Waals surface area contributed by atoms with Gasteiger partial charge in [0.05, 0.1) is 0 Å². The summed E-state index contributed by atoms with van der Waals surface area (Å²) in [5.74, 6) is -0.612. The fourth-order valence-corrected chi connectivity index (χ4v) is 3.49. The Morgan fingerprint density at radius 2 is 1.95 bits per heavy atom. The summed E-state index contributed by atoms with van der Waals surface area (Å²) < 4.78 is 28.6. The molecular weight excluding hydrogens is 282 g/mol. The van der Waals surface area contributed by atoms with Crippen molar-refractivity contribution in [3.8, 4) is 0 Å². The molecule has 20 heavy (non-hydrogen) atoms. The second-order valence-electron chi connectivity index (χ2n) is 4.61. The van der Waals surface area contributed by atoms with Gasteiger partial charge in [-0.05, 0) is 26.7 Å². The number of carbonyl (C=O) groups is 1. The first kappa shape index (κ1) is 16.6. The summed E-state index contributed by atoms with van der Waals surface area (Å²) in [5, 5.41) is 9.14. The van der Waals surface area contributed by atoms with Gasteiger partial charge in [0.25, 0.3) is 10.0 Å². The molecule has 0 aliphatic rings. The lowest BCUT2D eigenvalue weighted by Gasteiger charge is -2.27. The van der Waals surface area contributed by atoms with E-state index in [1.54, 1.807) is 25.3 Å². The lowest BCUT2D eigenvalue weighted by Crippen LogP contribution is -2.53. The van der Waals surface area contributed by atoms with Crippen molar-refractivity contribution < 1.29 is 18.3 Å². The lowest BCUT2D eigenvalue weighted by atomic mass is 9.95. The second kappa shape index (κ2) is 5.92. The Kier molecular flexibility index (Phi) is 4.93. The number of nitrogens with zero attached hydrogens (tertiary/aromatic N) is 2. The number of nitrogens with one attached hydrogen (secondary N) is 1. The van der Waals surface area contributed by atoms with E-state index in [4.69, 9.17) is 0 Å². The van der Waals surface area contributed by atoms with Gasteiger partial charge in [-0.2, -0.15) is 4.72 Å². The highest BCUT2D eigenvalue weighted by Crippen LogP contribution is 2.20. The Hall–Kier alpha value is -1.41. The van der Waals surface area contributed by atoms with E-state index in [0.717, 1.165) is 0 Å². The number of imidazole rings is 1. The first-order chi connectivity index (χ1) is 9.22. The Labute approximate surface area is 119 Å². The van der Waals surface area contributed by atoms with E-state index >= 15 is 0 Å². The van der Waals surface area contributed by atoms with Crippen LogP contribution in [-0.2, 0) is 21.4 Å². The molecule has 1 aromatic rings. The molecule has 0 aromatic carbocycles. The number of hydrogen-bond donors (Lipinski definition) is 2. The third kappa shape index (κ3) is 3.01. The Bertz CT molecular complexity index is 588. The van der Waals surface area contributed by atoms with Gasteiger partial charge in [-0.15, -0.1) is 0 Å². The summed E-state index contributed by atoms with van der Waals surface area (Å²) in [7, 11) is -3.96. The number of aromatic nitrogens is 2. The van der Waals surface area contributed by atoms with Crippen LogP contribution in [0.5, 0.6) is 0 Å². The van der Waals surface area contributed by atoms with Crippen molar-refractivity contribution in [2.75, 3.05) is 0 Å². The standard InChI is InChI=1S/C12H21N3O4S/c1-5-12(6-2,11(16)17)14-20(18,19)10-8-15(7-3)9(4)13-10/h8,14H,5-7H2,1-4H3,(H,16,17). The predicted molar refractivity (Wildman–Crippen MR) is 73.9 cm³/mol. The fourth-order valence-electron chi connectivity index (χ4n) is 1.98. The number of carboxylic acids is 1. The lowest BCUT2D eigenvalue weighted by molar-refractivity contribution is -0.144. The maximum atomic E-state index is 12.3. The van der Waals surface area contributed by atoms with E-state index < -0.39 is 21.5 Å². The highest BCUT2D eigenvalue weighted by Gasteiger charge is 2.40. The smallest absolute Gasteiger partial charge is 0.324 e. The van der Waals surface area contributed by atoms with Crippen molar-refractivity contribution in [2.45, 2.75) is 57.6 Å². The fraction of sp³-hybridized carbons (Fsp3) is 0.667. The van der Waals surface area contributed by atoms with Crippen LogP contribution in [0.2, 0.25) is 0 Å². The summed E-state index contributed by atoms with van der Waals surface area (Å²) in [6, 6.07) is 0. The van der Waals surface area contributed by atoms with Gasteiger partial charge in [-0.25, -0.2) is 13.4 Å². The van der Waals surface area contributed by atoms with E-state index in [0.29, 0.717) is 12.4 Å². The molecule has 114 valence electrons. The molecule has 2 N–H and O–H groups in total. The zero-order chi connectivity index (χ0) is 15.6. The van der Waals surface area contributed by atoms with Gasteiger partial charge in [0.2, 0.25) is 0 Å². The van der Waals surface area contributed by atoms with Gasteiger partial charge in [-0.3, -0.25) is 4.79 Å². The van der Waals surface area contributed by atoms with Gasteiger partial charge in [0.15, 0.2) is 5.03 Å². The Morgan fingerprint density at radius 1 is 1.40 bits per heavy atom. The van der Waals surface area contributed by atoms with Gasteiger partial charge < -0.3 is 9.67 Å². The van der Waals surface area contributed by atoms with Crippen LogP contribution < -0.4 is 4.72 Å². The van der Waals surface area contributed by atoms with Crippen LogP contribution in [0.15, 0.2) is 11.2 Å². The summed E-state index contributed by atoms with van der Waals surface area (Å²) in [6.07, 6.45) is 1.73. The molecule has 1 heterocycles. The maximum absolute atomic E-state index is 12.3. The SMILES string of the molecule is CCn1cc(S(=O)(=O)NC(CC)(CC)C(=O)O)nc1C. The van der Waals surface area contributed by atoms with Crippen LogP contribution in [0.4, 0.5) is 0 Å². The van der Waals surface area contributed by atoms with Crippen molar-refractivity contribution in [1.29, 1.82) is 0 Å². The topological polar surface area (TPSA) is 101 Å². The van der Waals surface area contributed by atoms with Gasteiger partial charge >= 0.3 is 5.97 Å². The van der Waals surface area contributed by atoms with Crippen LogP contribution in [0.1, 0.15) is 39.4 Å². The summed E-state index contributed by atoms with van der Waals surface area (Å²) in [6.45, 7) is 7.44. The molecule has 0 saturated carbocycles. The molecule has 0 aliphatic carbocycles. The van der Waals surface area contributed by atoms with Crippen LogP contribution in [-0.4, -0.2) is 34.6 Å². The maximum Gasteiger partial charge on any atom is 0.324 e. The molecule has 0 unspecified atom stereocenters. The molecule has 1 rings (SSSR count). The van der Waals surface area contributed by atoms with Gasteiger partial charge in [0, 0.05) is 12.7 Å². The quantitative estimate of drug-likeness (QED) is 0.786. The van der Waals surface area contributed by atoms with E-state index in [2.05, 4.69) is 9.71 Å². The highest BCUT2D eigenvalue weighted by molar-refractivity contribution is 7.89. The number of hydrogen-bond acceptors (Lipinski definition) is 4. The summed E-state index contributed by atoms with van der Waals surface area (Å²) in [4.78, 5) is 15.4. The summed E-state index contributed by atoms with van der Waals surface area (Å²) in [5.41, 5.74) is -1.50. The van der Waals surface area contributed by atoms with E-state index in [9.17, 15) is 18.3 Å². The molecule has 0 saturated heterocycles. The zero-order valence-corrected chi connectivity index (χ0v) is 13.0. The van der Waals surface area contributed by atoms with Crippen molar-refractivity contribution >= 4 is 16.0 Å². The third-order valence-corrected chi connectivity index (χ3v) is 4.92. The molecular formula is C12H21N3O4S. The van der Waals surface area contributed by atoms with Gasteiger partial charge in [-0.1, -0.05) is 13.8 Å². The van der Waals surface area contributed by atoms with Crippen molar-refractivity contribution in [3.63, 3.8) is 0 Å². The molecule has 0 atom stereocenters. The Balaban J connectivity index is 3.19. The van der Waals surface area contributed by atoms with Crippen LogP contribution in [0.3, 0.4) is 0 Å². The average Bonchev–Trinajstić information content (AvgIpc) is 2.77. The minimum atomic E-state index is -3.96. The molecule has 0 radical (unpaired) electrons. The molecule has 7 nitrogen and oxygen atoms in total. The predicted octanol–water partition coefficient (Wildman–Crippen LogP) is 1.13. The molecule has 0 amide bonds. The van der Waals surface area contributed by atoms with Crippen molar-refractivity contribution in [2.24, 2.45) is 0 Å². The van der Waals surface area contributed by atoms with Crippen molar-refractivity contribution in [3.05, 3.63) is 12.0 Å². The minimum absolute atomic E-state index is 0.149. The van der Waals surface area contributed by atoms with Crippen molar-refractivity contribution in [1.82, 2.24) is 14.3 Å². The van der Waals surface area contributed by atoms with E-state index in [-0.39, 0.29) is 17.9 Å². The molecule has 0 spiro atoms. The normalized spacial score (nSPS) is 12.6. The molecule has 1 aromatic heterocycles.